The molecule has 14 heavy (non-hydrogen) atoms. The maximum atomic E-state index is 6.05. The van der Waals surface area contributed by atoms with Crippen LogP contribution in [0, 0.1) is 5.41 Å². The van der Waals surface area contributed by atoms with E-state index in [2.05, 4.69) is 19.3 Å². The molecule has 2 heteroatoms. The minimum atomic E-state index is 0.407. The van der Waals surface area contributed by atoms with E-state index in [1.54, 1.807) is 16.7 Å². The Bertz CT molecular complexity index is 483. The van der Waals surface area contributed by atoms with Crippen LogP contribution >= 0.6 is 11.8 Å². The molecule has 0 aromatic carbocycles. The largest absolute Gasteiger partial charge is 0.398 e. The first-order valence-corrected chi connectivity index (χ1v) is 6.37. The number of allylic oxidation sites excluding steroid dienone is 4. The molecule has 72 valence electrons. The molecule has 0 heterocycles. The molecule has 2 unspecified atom stereocenters. The summed E-state index contributed by atoms with van der Waals surface area (Å²) >= 11 is 2.01. The molecule has 0 aromatic rings. The minimum absolute atomic E-state index is 0.407. The second-order valence-corrected chi connectivity index (χ2v) is 6.06. The first kappa shape index (κ1) is 7.63. The highest BCUT2D eigenvalue weighted by Gasteiger charge is 2.79. The van der Waals surface area contributed by atoms with Crippen LogP contribution in [0.1, 0.15) is 19.8 Å². The maximum Gasteiger partial charge on any atom is 0.0544 e. The zero-order chi connectivity index (χ0) is 9.72. The Labute approximate surface area is 88.1 Å². The Morgan fingerprint density at radius 2 is 2.21 bits per heavy atom. The van der Waals surface area contributed by atoms with E-state index in [9.17, 15) is 0 Å². The lowest BCUT2D eigenvalue weighted by molar-refractivity contribution is 0.495. The zero-order valence-electron chi connectivity index (χ0n) is 8.48. The topological polar surface area (TPSA) is 26.0 Å². The third kappa shape index (κ3) is 0.482. The Balaban J connectivity index is 2.01. The third-order valence-corrected chi connectivity index (χ3v) is 6.17. The van der Waals surface area contributed by atoms with Crippen LogP contribution in [0.5, 0.6) is 0 Å². The number of rotatable bonds is 1. The van der Waals surface area contributed by atoms with Crippen molar-refractivity contribution < 1.29 is 0 Å². The van der Waals surface area contributed by atoms with Gasteiger partial charge < -0.3 is 5.73 Å². The molecule has 0 bridgehead atoms. The summed E-state index contributed by atoms with van der Waals surface area (Å²) in [5, 5.41) is 0. The Kier molecular flexibility index (Phi) is 0.945. The van der Waals surface area contributed by atoms with Crippen molar-refractivity contribution >= 4 is 11.8 Å². The molecule has 2 N–H and O–H groups in total. The van der Waals surface area contributed by atoms with Crippen molar-refractivity contribution in [1.82, 2.24) is 0 Å². The first-order chi connectivity index (χ1) is 6.65. The highest BCUT2D eigenvalue weighted by Crippen LogP contribution is 2.85. The van der Waals surface area contributed by atoms with E-state index in [1.807, 2.05) is 11.8 Å². The molecule has 0 spiro atoms. The monoisotopic (exact) mass is 203 g/mol. The Morgan fingerprint density at radius 3 is 2.93 bits per heavy atom. The van der Waals surface area contributed by atoms with Crippen LogP contribution in [-0.4, -0.2) is 11.0 Å². The summed E-state index contributed by atoms with van der Waals surface area (Å²) < 4.78 is 0.452. The summed E-state index contributed by atoms with van der Waals surface area (Å²) in [6, 6.07) is 0. The van der Waals surface area contributed by atoms with Gasteiger partial charge in [0.2, 0.25) is 0 Å². The van der Waals surface area contributed by atoms with Crippen molar-refractivity contribution in [1.29, 1.82) is 0 Å². The molecule has 3 saturated carbocycles. The second-order valence-electron chi connectivity index (χ2n) is 4.96. The van der Waals surface area contributed by atoms with Crippen LogP contribution < -0.4 is 5.73 Å². The smallest absolute Gasteiger partial charge is 0.0544 e. The molecule has 2 atom stereocenters. The number of fused-ring (bicyclic) bond motifs is 2. The highest BCUT2D eigenvalue weighted by atomic mass is 32.2. The molecule has 0 saturated heterocycles. The van der Waals surface area contributed by atoms with E-state index < -0.39 is 0 Å². The quantitative estimate of drug-likeness (QED) is 0.708. The number of thioether (sulfide) groups is 1. The van der Waals surface area contributed by atoms with Crippen LogP contribution in [-0.2, 0) is 0 Å². The summed E-state index contributed by atoms with van der Waals surface area (Å²) in [6.45, 7) is 2.40. The molecular weight excluding hydrogens is 190 g/mol. The molecule has 4 aliphatic carbocycles. The molecule has 4 aliphatic rings. The minimum Gasteiger partial charge on any atom is -0.398 e. The van der Waals surface area contributed by atoms with E-state index in [0.717, 1.165) is 5.70 Å². The predicted molar refractivity (Wildman–Crippen MR) is 59.9 cm³/mol. The van der Waals surface area contributed by atoms with Crippen molar-refractivity contribution in [3.63, 3.8) is 0 Å². The molecule has 0 aromatic heterocycles. The van der Waals surface area contributed by atoms with Crippen LogP contribution in [0.15, 0.2) is 34.1 Å². The summed E-state index contributed by atoms with van der Waals surface area (Å²) in [5.41, 5.74) is 13.8. The van der Waals surface area contributed by atoms with Crippen molar-refractivity contribution in [2.45, 2.75) is 24.5 Å². The number of nitrogens with two attached hydrogens (primary N) is 1. The average Bonchev–Trinajstić information content (AvgIpc) is 2.98. The van der Waals surface area contributed by atoms with Crippen LogP contribution in [0.3, 0.4) is 0 Å². The Hall–Kier alpha value is -0.630. The number of hydrogen-bond donors (Lipinski definition) is 1. The lowest BCUT2D eigenvalue weighted by Gasteiger charge is -2.33. The summed E-state index contributed by atoms with van der Waals surface area (Å²) in [7, 11) is 0. The maximum absolute atomic E-state index is 6.05. The zero-order valence-corrected chi connectivity index (χ0v) is 9.29. The molecular formula is C12H13NS. The summed E-state index contributed by atoms with van der Waals surface area (Å²) in [6.07, 6.45) is 6.96. The second kappa shape index (κ2) is 1.73. The van der Waals surface area contributed by atoms with Gasteiger partial charge in [0.05, 0.1) is 4.75 Å². The van der Waals surface area contributed by atoms with Gasteiger partial charge in [-0.15, -0.1) is 0 Å². The number of hydrogen-bond acceptors (Lipinski definition) is 2. The fourth-order valence-electron chi connectivity index (χ4n) is 3.59. The van der Waals surface area contributed by atoms with Gasteiger partial charge >= 0.3 is 0 Å². The van der Waals surface area contributed by atoms with E-state index in [4.69, 9.17) is 5.73 Å². The van der Waals surface area contributed by atoms with Crippen LogP contribution in [0.4, 0.5) is 0 Å². The fourth-order valence-corrected chi connectivity index (χ4v) is 4.95. The molecule has 4 rings (SSSR count). The van der Waals surface area contributed by atoms with E-state index in [0.29, 0.717) is 10.2 Å². The lowest BCUT2D eigenvalue weighted by Crippen LogP contribution is -2.29. The fraction of sp³-hybridized carbons (Fsp3) is 0.500. The molecule has 0 amide bonds. The van der Waals surface area contributed by atoms with Gasteiger partial charge in [-0.05, 0) is 35.5 Å². The van der Waals surface area contributed by atoms with E-state index >= 15 is 0 Å². The van der Waals surface area contributed by atoms with Crippen LogP contribution in [0.25, 0.3) is 0 Å². The highest BCUT2D eigenvalue weighted by molar-refractivity contribution is 8.00. The summed E-state index contributed by atoms with van der Waals surface area (Å²) in [5.74, 6) is 0. The Morgan fingerprint density at radius 1 is 1.43 bits per heavy atom. The van der Waals surface area contributed by atoms with Crippen molar-refractivity contribution in [2.75, 3.05) is 6.26 Å². The van der Waals surface area contributed by atoms with E-state index in [-0.39, 0.29) is 0 Å². The van der Waals surface area contributed by atoms with Gasteiger partial charge in [0.1, 0.15) is 0 Å². The third-order valence-electron chi connectivity index (χ3n) is 4.70. The lowest BCUT2D eigenvalue weighted by atomic mass is 9.79. The van der Waals surface area contributed by atoms with Gasteiger partial charge in [-0.2, -0.15) is 11.8 Å². The molecule has 1 nitrogen and oxygen atoms in total. The standard InChI is InChI=1S/C12H13NS/c1-11-8-5-12(11,14-2)10(11)4-9(13)7-3-6(7)8/h4H,3,5,13H2,1-2H3. The van der Waals surface area contributed by atoms with Gasteiger partial charge in [-0.3, -0.25) is 0 Å². The van der Waals surface area contributed by atoms with Crippen molar-refractivity contribution in [3.05, 3.63) is 34.1 Å². The molecule has 0 aliphatic heterocycles. The van der Waals surface area contributed by atoms with Gasteiger partial charge in [-0.1, -0.05) is 12.5 Å². The van der Waals surface area contributed by atoms with Gasteiger partial charge in [0.25, 0.3) is 0 Å². The van der Waals surface area contributed by atoms with Crippen molar-refractivity contribution in [2.24, 2.45) is 11.1 Å². The first-order valence-electron chi connectivity index (χ1n) is 5.14. The molecule has 3 fully saturated rings. The average molecular weight is 203 g/mol. The van der Waals surface area contributed by atoms with Gasteiger partial charge in [0, 0.05) is 17.5 Å². The van der Waals surface area contributed by atoms with Crippen LogP contribution in [0.2, 0.25) is 0 Å². The summed E-state index contributed by atoms with van der Waals surface area (Å²) in [4.78, 5) is 0. The van der Waals surface area contributed by atoms with Crippen molar-refractivity contribution in [3.8, 4) is 0 Å². The van der Waals surface area contributed by atoms with Gasteiger partial charge in [0.15, 0.2) is 0 Å². The normalized spacial score (nSPS) is 46.3. The SMILES string of the molecule is CSC12CC3=C4CC4=C(N)C=C1C32C. The molecule has 0 radical (unpaired) electrons. The van der Waals surface area contributed by atoms with E-state index in [1.165, 1.54) is 18.4 Å². The predicted octanol–water partition coefficient (Wildman–Crippen LogP) is 2.36. The van der Waals surface area contributed by atoms with Gasteiger partial charge in [-0.25, -0.2) is 0 Å².